The van der Waals surface area contributed by atoms with Crippen molar-refractivity contribution in [1.82, 2.24) is 16.0 Å². The van der Waals surface area contributed by atoms with Gasteiger partial charge in [-0.1, -0.05) is 6.42 Å². The molecule has 4 unspecified atom stereocenters. The highest BCUT2D eigenvalue weighted by Crippen LogP contribution is 2.03. The summed E-state index contributed by atoms with van der Waals surface area (Å²) in [6.07, 6.45) is 2.89. The minimum absolute atomic E-state index is 0.136. The van der Waals surface area contributed by atoms with Gasteiger partial charge in [-0.2, -0.15) is 11.8 Å². The van der Waals surface area contributed by atoms with E-state index < -0.39 is 66.8 Å². The summed E-state index contributed by atoms with van der Waals surface area (Å²) in [5, 5.41) is 25.4. The normalized spacial score (nSPS) is 14.5. The predicted octanol–water partition coefficient (Wildman–Crippen LogP) is -3.40. The Morgan fingerprint density at radius 3 is 1.97 bits per heavy atom. The van der Waals surface area contributed by atoms with Crippen LogP contribution in [-0.4, -0.2) is 89.1 Å². The Hall–Kier alpha value is -2.42. The van der Waals surface area contributed by atoms with E-state index in [0.717, 1.165) is 0 Å². The summed E-state index contributed by atoms with van der Waals surface area (Å²) in [6, 6.07) is -5.11. The summed E-state index contributed by atoms with van der Waals surface area (Å²) in [4.78, 5) is 59.8. The highest BCUT2D eigenvalue weighted by molar-refractivity contribution is 7.98. The molecular weight excluding hydrogens is 444 g/mol. The van der Waals surface area contributed by atoms with E-state index in [1.165, 1.54) is 11.8 Å². The molecule has 11 N–H and O–H groups in total. The minimum Gasteiger partial charge on any atom is -0.480 e. The van der Waals surface area contributed by atoms with Gasteiger partial charge < -0.3 is 43.4 Å². The molecule has 4 atom stereocenters. The van der Waals surface area contributed by atoms with Crippen LogP contribution in [0.5, 0.6) is 0 Å². The number of carbonyl (C=O) groups excluding carboxylic acids is 4. The second-order valence-corrected chi connectivity index (χ2v) is 8.03. The first-order valence-corrected chi connectivity index (χ1v) is 11.4. The van der Waals surface area contributed by atoms with E-state index in [2.05, 4.69) is 16.0 Å². The van der Waals surface area contributed by atoms with E-state index in [1.807, 2.05) is 0 Å². The fourth-order valence-corrected chi connectivity index (χ4v) is 3.03. The lowest BCUT2D eigenvalue weighted by molar-refractivity contribution is -0.142. The molecule has 0 spiro atoms. The van der Waals surface area contributed by atoms with Crippen molar-refractivity contribution in [2.45, 2.75) is 56.3 Å². The largest absolute Gasteiger partial charge is 0.480 e. The zero-order chi connectivity index (χ0) is 24.7. The molecule has 32 heavy (non-hydrogen) atoms. The van der Waals surface area contributed by atoms with Crippen molar-refractivity contribution in [3.63, 3.8) is 0 Å². The monoisotopic (exact) mass is 478 g/mol. The Morgan fingerprint density at radius 1 is 0.906 bits per heavy atom. The third-order valence-electron chi connectivity index (χ3n) is 4.39. The summed E-state index contributed by atoms with van der Waals surface area (Å²) < 4.78 is 0. The molecule has 0 aliphatic rings. The molecule has 0 fully saturated rings. The van der Waals surface area contributed by atoms with E-state index in [1.54, 1.807) is 6.26 Å². The number of carbonyl (C=O) groups is 5. The second-order valence-electron chi connectivity index (χ2n) is 7.05. The first-order valence-electron chi connectivity index (χ1n) is 10.0. The van der Waals surface area contributed by atoms with Gasteiger partial charge in [-0.3, -0.25) is 19.2 Å². The first kappa shape index (κ1) is 29.6. The fraction of sp³-hybridized carbons (Fsp3) is 0.722. The van der Waals surface area contributed by atoms with Gasteiger partial charge in [0.1, 0.15) is 18.1 Å². The van der Waals surface area contributed by atoms with Crippen LogP contribution in [0, 0.1) is 0 Å². The van der Waals surface area contributed by atoms with Gasteiger partial charge in [0.05, 0.1) is 19.1 Å². The van der Waals surface area contributed by atoms with Crippen LogP contribution in [0.3, 0.4) is 0 Å². The van der Waals surface area contributed by atoms with Gasteiger partial charge in [0, 0.05) is 0 Å². The van der Waals surface area contributed by atoms with Crippen molar-refractivity contribution >= 4 is 41.4 Å². The van der Waals surface area contributed by atoms with E-state index in [-0.39, 0.29) is 6.42 Å². The number of aliphatic hydroxyl groups excluding tert-OH is 1. The molecule has 13 nitrogen and oxygen atoms in total. The number of nitrogens with one attached hydrogen (secondary N) is 3. The van der Waals surface area contributed by atoms with Crippen LogP contribution in [0.2, 0.25) is 0 Å². The average Bonchev–Trinajstić information content (AvgIpc) is 2.73. The molecule has 0 aromatic rings. The van der Waals surface area contributed by atoms with E-state index >= 15 is 0 Å². The van der Waals surface area contributed by atoms with Crippen molar-refractivity contribution in [2.75, 3.05) is 25.2 Å². The summed E-state index contributed by atoms with van der Waals surface area (Å²) in [7, 11) is 0. The molecule has 14 heteroatoms. The van der Waals surface area contributed by atoms with Crippen LogP contribution in [0.25, 0.3) is 0 Å². The third kappa shape index (κ3) is 11.8. The van der Waals surface area contributed by atoms with Crippen molar-refractivity contribution < 1.29 is 34.2 Å². The molecule has 0 aliphatic heterocycles. The molecule has 4 amide bonds. The van der Waals surface area contributed by atoms with Crippen molar-refractivity contribution in [2.24, 2.45) is 17.2 Å². The number of unbranched alkanes of at least 4 members (excludes halogenated alkanes) is 1. The third-order valence-corrected chi connectivity index (χ3v) is 5.03. The van der Waals surface area contributed by atoms with Gasteiger partial charge in [0.25, 0.3) is 0 Å². The summed E-state index contributed by atoms with van der Waals surface area (Å²) >= 11 is 1.39. The lowest BCUT2D eigenvalue weighted by Crippen LogP contribution is -2.58. The van der Waals surface area contributed by atoms with E-state index in [0.29, 0.717) is 31.6 Å². The Bertz CT molecular complexity index is 651. The van der Waals surface area contributed by atoms with Gasteiger partial charge in [-0.25, -0.2) is 4.79 Å². The number of hydrogen-bond acceptors (Lipinski definition) is 9. The Morgan fingerprint density at radius 2 is 1.47 bits per heavy atom. The van der Waals surface area contributed by atoms with Crippen LogP contribution in [0.4, 0.5) is 0 Å². The summed E-state index contributed by atoms with van der Waals surface area (Å²) in [6.45, 7) is -0.409. The maximum absolute atomic E-state index is 12.6. The van der Waals surface area contributed by atoms with Crippen molar-refractivity contribution in [3.8, 4) is 0 Å². The van der Waals surface area contributed by atoms with Crippen LogP contribution >= 0.6 is 11.8 Å². The number of amides is 4. The molecule has 0 heterocycles. The molecule has 0 aromatic carbocycles. The van der Waals surface area contributed by atoms with E-state index in [4.69, 9.17) is 17.2 Å². The smallest absolute Gasteiger partial charge is 0.326 e. The Kier molecular flexibility index (Phi) is 15.0. The topological polar surface area (TPSA) is 240 Å². The number of carboxylic acids is 1. The molecule has 184 valence electrons. The van der Waals surface area contributed by atoms with Gasteiger partial charge in [0.15, 0.2) is 0 Å². The predicted molar refractivity (Wildman–Crippen MR) is 118 cm³/mol. The zero-order valence-electron chi connectivity index (χ0n) is 18.0. The summed E-state index contributed by atoms with van der Waals surface area (Å²) in [5.74, 6) is -4.29. The lowest BCUT2D eigenvalue weighted by Gasteiger charge is -2.23. The number of rotatable bonds is 17. The SMILES string of the molecule is CSCCC(NC(=O)C(CO)NC(=O)C(CC(N)=O)NC(=O)C(N)CCCCN)C(=O)O. The lowest BCUT2D eigenvalue weighted by atomic mass is 10.1. The molecule has 0 bridgehead atoms. The fourth-order valence-electron chi connectivity index (χ4n) is 2.56. The maximum atomic E-state index is 12.6. The molecule has 0 saturated carbocycles. The van der Waals surface area contributed by atoms with Crippen LogP contribution in [-0.2, 0) is 24.0 Å². The summed E-state index contributed by atoms with van der Waals surface area (Å²) in [5.41, 5.74) is 16.3. The van der Waals surface area contributed by atoms with Gasteiger partial charge >= 0.3 is 5.97 Å². The highest BCUT2D eigenvalue weighted by atomic mass is 32.2. The van der Waals surface area contributed by atoms with Crippen LogP contribution < -0.4 is 33.2 Å². The molecule has 0 radical (unpaired) electrons. The number of thioether (sulfide) groups is 1. The van der Waals surface area contributed by atoms with Crippen LogP contribution in [0.15, 0.2) is 0 Å². The molecule has 0 rings (SSSR count). The van der Waals surface area contributed by atoms with Gasteiger partial charge in [0.2, 0.25) is 23.6 Å². The van der Waals surface area contributed by atoms with Gasteiger partial charge in [-0.05, 0) is 37.8 Å². The highest BCUT2D eigenvalue weighted by Gasteiger charge is 2.30. The number of aliphatic carboxylic acids is 1. The number of primary amides is 1. The molecular formula is C18H34N6O7S. The Balaban J connectivity index is 5.14. The number of carboxylic acid groups (broad SMARTS) is 1. The Labute approximate surface area is 190 Å². The standard InChI is InChI=1S/C18H34N6O7S/c1-32-7-5-11(18(30)31)22-17(29)13(9-25)24-16(28)12(8-14(21)26)23-15(27)10(20)4-2-3-6-19/h10-13,25H,2-9,19-20H2,1H3,(H2,21,26)(H,22,29)(H,23,27)(H,24,28)(H,30,31). The number of nitrogens with two attached hydrogens (primary N) is 3. The number of hydrogen-bond donors (Lipinski definition) is 8. The quantitative estimate of drug-likeness (QED) is 0.0963. The molecule has 0 saturated heterocycles. The van der Waals surface area contributed by atoms with E-state index in [9.17, 15) is 34.2 Å². The minimum atomic E-state index is -1.51. The molecule has 0 aromatic heterocycles. The molecule has 0 aliphatic carbocycles. The maximum Gasteiger partial charge on any atom is 0.326 e. The zero-order valence-corrected chi connectivity index (χ0v) is 18.9. The average molecular weight is 479 g/mol. The van der Waals surface area contributed by atoms with Crippen molar-refractivity contribution in [1.29, 1.82) is 0 Å². The van der Waals surface area contributed by atoms with Crippen molar-refractivity contribution in [3.05, 3.63) is 0 Å². The first-order chi connectivity index (χ1) is 15.1. The number of aliphatic hydroxyl groups is 1. The second kappa shape index (κ2) is 16.2. The van der Waals surface area contributed by atoms with Crippen LogP contribution in [0.1, 0.15) is 32.1 Å². The van der Waals surface area contributed by atoms with Gasteiger partial charge in [-0.15, -0.1) is 0 Å².